The smallest absolute Gasteiger partial charge is 0.347 e. The van der Waals surface area contributed by atoms with Gasteiger partial charge < -0.3 is 14.8 Å². The maximum Gasteiger partial charge on any atom is 0.347 e. The highest BCUT2D eigenvalue weighted by molar-refractivity contribution is 6.05. The number of rotatable bonds is 8. The summed E-state index contributed by atoms with van der Waals surface area (Å²) < 4.78 is 10.5. The van der Waals surface area contributed by atoms with Crippen molar-refractivity contribution in [2.45, 2.75) is 46.6 Å². The molecule has 5 heteroatoms. The maximum atomic E-state index is 12.7. The van der Waals surface area contributed by atoms with E-state index in [0.29, 0.717) is 17.9 Å². The second-order valence-corrected chi connectivity index (χ2v) is 6.15. The summed E-state index contributed by atoms with van der Waals surface area (Å²) in [4.78, 5) is 24.3. The summed E-state index contributed by atoms with van der Waals surface area (Å²) >= 11 is 0. The fraction of sp³-hybridized carbons (Fsp3) is 0.364. The third kappa shape index (κ3) is 5.33. The molecule has 1 amide bonds. The molecule has 1 atom stereocenters. The van der Waals surface area contributed by atoms with Gasteiger partial charge >= 0.3 is 5.97 Å². The molecular formula is C22H27NO4. The zero-order valence-electron chi connectivity index (χ0n) is 16.4. The average Bonchev–Trinajstić information content (AvgIpc) is 2.68. The highest BCUT2D eigenvalue weighted by Crippen LogP contribution is 2.24. The van der Waals surface area contributed by atoms with Crippen LogP contribution >= 0.6 is 0 Å². The van der Waals surface area contributed by atoms with Crippen molar-refractivity contribution >= 4 is 17.6 Å². The van der Waals surface area contributed by atoms with Gasteiger partial charge in [0.1, 0.15) is 5.75 Å². The Kier molecular flexibility index (Phi) is 7.41. The minimum atomic E-state index is -0.701. The number of anilines is 1. The number of hydrogen-bond donors (Lipinski definition) is 1. The topological polar surface area (TPSA) is 64.6 Å². The highest BCUT2D eigenvalue weighted by atomic mass is 16.6. The van der Waals surface area contributed by atoms with Crippen LogP contribution in [0.15, 0.2) is 42.5 Å². The molecule has 144 valence electrons. The van der Waals surface area contributed by atoms with Crippen LogP contribution in [0, 0.1) is 0 Å². The van der Waals surface area contributed by atoms with Gasteiger partial charge in [-0.1, -0.05) is 32.0 Å². The quantitative estimate of drug-likeness (QED) is 0.701. The Morgan fingerprint density at radius 2 is 1.56 bits per heavy atom. The van der Waals surface area contributed by atoms with Gasteiger partial charge in [0.2, 0.25) is 0 Å². The Morgan fingerprint density at radius 3 is 2.07 bits per heavy atom. The zero-order valence-corrected chi connectivity index (χ0v) is 16.4. The molecule has 0 heterocycles. The van der Waals surface area contributed by atoms with E-state index >= 15 is 0 Å². The van der Waals surface area contributed by atoms with Crippen LogP contribution in [0.3, 0.4) is 0 Å². The van der Waals surface area contributed by atoms with Crippen molar-refractivity contribution in [3.63, 3.8) is 0 Å². The minimum Gasteiger partial charge on any atom is -0.479 e. The minimum absolute atomic E-state index is 0.171. The maximum absolute atomic E-state index is 12.7. The molecule has 0 radical (unpaired) electrons. The largest absolute Gasteiger partial charge is 0.479 e. The van der Waals surface area contributed by atoms with Crippen molar-refractivity contribution in [2.75, 3.05) is 11.9 Å². The normalized spacial score (nSPS) is 11.6. The van der Waals surface area contributed by atoms with Gasteiger partial charge in [0, 0.05) is 11.3 Å². The average molecular weight is 369 g/mol. The lowest BCUT2D eigenvalue weighted by atomic mass is 10.0. The Morgan fingerprint density at radius 1 is 0.963 bits per heavy atom. The van der Waals surface area contributed by atoms with E-state index in [1.165, 1.54) is 0 Å². The predicted molar refractivity (Wildman–Crippen MR) is 106 cm³/mol. The number of ether oxygens (including phenoxy) is 2. The van der Waals surface area contributed by atoms with Crippen LogP contribution < -0.4 is 10.1 Å². The number of carbonyl (C=O) groups is 2. The van der Waals surface area contributed by atoms with Crippen molar-refractivity contribution in [3.8, 4) is 5.75 Å². The molecule has 0 bridgehead atoms. The van der Waals surface area contributed by atoms with Gasteiger partial charge in [0.25, 0.3) is 5.91 Å². The Bertz CT molecular complexity index is 761. The van der Waals surface area contributed by atoms with Gasteiger partial charge in [-0.3, -0.25) is 4.79 Å². The van der Waals surface area contributed by atoms with Gasteiger partial charge in [0.15, 0.2) is 6.10 Å². The SMILES string of the molecule is CCOC(=O)[C@@H](C)Oc1ccc(C(=O)Nc2c(CC)cccc2CC)cc1. The number of aryl methyl sites for hydroxylation is 2. The molecule has 0 saturated heterocycles. The van der Waals surface area contributed by atoms with Crippen molar-refractivity contribution in [3.05, 3.63) is 59.2 Å². The van der Waals surface area contributed by atoms with E-state index in [0.717, 1.165) is 29.7 Å². The lowest BCUT2D eigenvalue weighted by molar-refractivity contribution is -0.150. The summed E-state index contributed by atoms with van der Waals surface area (Å²) in [6, 6.07) is 12.8. The fourth-order valence-corrected chi connectivity index (χ4v) is 2.79. The predicted octanol–water partition coefficient (Wildman–Crippen LogP) is 4.39. The van der Waals surface area contributed by atoms with Crippen LogP contribution in [0.2, 0.25) is 0 Å². The molecule has 0 aliphatic carbocycles. The van der Waals surface area contributed by atoms with Gasteiger partial charge in [-0.2, -0.15) is 0 Å². The lowest BCUT2D eigenvalue weighted by Crippen LogP contribution is -2.26. The van der Waals surface area contributed by atoms with E-state index in [1.54, 1.807) is 38.1 Å². The summed E-state index contributed by atoms with van der Waals surface area (Å²) in [5.74, 6) is -0.0755. The number of nitrogens with one attached hydrogen (secondary N) is 1. The van der Waals surface area contributed by atoms with Gasteiger partial charge in [-0.25, -0.2) is 4.79 Å². The van der Waals surface area contributed by atoms with Crippen molar-refractivity contribution < 1.29 is 19.1 Å². The summed E-state index contributed by atoms with van der Waals surface area (Å²) in [5, 5.41) is 3.04. The molecule has 0 saturated carbocycles. The Balaban J connectivity index is 2.09. The number of amides is 1. The first-order valence-electron chi connectivity index (χ1n) is 9.35. The third-order valence-electron chi connectivity index (χ3n) is 4.29. The molecule has 27 heavy (non-hydrogen) atoms. The molecule has 0 aliphatic rings. The second-order valence-electron chi connectivity index (χ2n) is 6.15. The van der Waals surface area contributed by atoms with E-state index in [-0.39, 0.29) is 5.91 Å². The molecule has 0 fully saturated rings. The van der Waals surface area contributed by atoms with Crippen LogP contribution in [0.1, 0.15) is 49.2 Å². The third-order valence-corrected chi connectivity index (χ3v) is 4.29. The van der Waals surface area contributed by atoms with Crippen LogP contribution in [0.4, 0.5) is 5.69 Å². The van der Waals surface area contributed by atoms with Gasteiger partial charge in [-0.05, 0) is 62.1 Å². The fourth-order valence-electron chi connectivity index (χ4n) is 2.79. The molecule has 0 aromatic heterocycles. The summed E-state index contributed by atoms with van der Waals surface area (Å²) in [5.41, 5.74) is 3.65. The number of esters is 1. The summed E-state index contributed by atoms with van der Waals surface area (Å²) in [6.45, 7) is 7.83. The van der Waals surface area contributed by atoms with Crippen LogP contribution in [0.5, 0.6) is 5.75 Å². The lowest BCUT2D eigenvalue weighted by Gasteiger charge is -2.15. The second kappa shape index (κ2) is 9.76. The molecule has 0 spiro atoms. The monoisotopic (exact) mass is 369 g/mol. The molecule has 2 rings (SSSR count). The Hall–Kier alpha value is -2.82. The van der Waals surface area contributed by atoms with E-state index in [4.69, 9.17) is 9.47 Å². The molecule has 0 aliphatic heterocycles. The standard InChI is InChI=1S/C22H27NO4/c1-5-16-9-8-10-17(6-2)20(16)23-21(24)18-11-13-19(14-12-18)27-15(4)22(25)26-7-3/h8-15H,5-7H2,1-4H3,(H,23,24)/t15-/m1/s1. The molecule has 0 unspecified atom stereocenters. The van der Waals surface area contributed by atoms with E-state index in [2.05, 4.69) is 19.2 Å². The number of hydrogen-bond acceptors (Lipinski definition) is 4. The number of benzene rings is 2. The van der Waals surface area contributed by atoms with Crippen molar-refractivity contribution in [2.24, 2.45) is 0 Å². The number of carbonyl (C=O) groups excluding carboxylic acids is 2. The van der Waals surface area contributed by atoms with Crippen LogP contribution in [-0.4, -0.2) is 24.6 Å². The van der Waals surface area contributed by atoms with E-state index in [9.17, 15) is 9.59 Å². The van der Waals surface area contributed by atoms with Gasteiger partial charge in [0.05, 0.1) is 6.61 Å². The van der Waals surface area contributed by atoms with Gasteiger partial charge in [-0.15, -0.1) is 0 Å². The van der Waals surface area contributed by atoms with Crippen molar-refractivity contribution in [1.29, 1.82) is 0 Å². The first kappa shape index (κ1) is 20.5. The van der Waals surface area contributed by atoms with Crippen LogP contribution in [-0.2, 0) is 22.4 Å². The van der Waals surface area contributed by atoms with E-state index < -0.39 is 12.1 Å². The molecule has 1 N–H and O–H groups in total. The zero-order chi connectivity index (χ0) is 19.8. The molecular weight excluding hydrogens is 342 g/mol. The first-order valence-corrected chi connectivity index (χ1v) is 9.35. The first-order chi connectivity index (χ1) is 13.0. The highest BCUT2D eigenvalue weighted by Gasteiger charge is 2.16. The summed E-state index contributed by atoms with van der Waals surface area (Å²) in [7, 11) is 0. The summed E-state index contributed by atoms with van der Waals surface area (Å²) in [6.07, 6.45) is 0.998. The van der Waals surface area contributed by atoms with Crippen molar-refractivity contribution in [1.82, 2.24) is 0 Å². The number of para-hydroxylation sites is 1. The molecule has 2 aromatic rings. The Labute approximate surface area is 160 Å². The molecule has 2 aromatic carbocycles. The van der Waals surface area contributed by atoms with E-state index in [1.807, 2.05) is 18.2 Å². The van der Waals surface area contributed by atoms with Crippen LogP contribution in [0.25, 0.3) is 0 Å². The molecule has 5 nitrogen and oxygen atoms in total.